The summed E-state index contributed by atoms with van der Waals surface area (Å²) < 4.78 is 5.48. The molecule has 4 rings (SSSR count). The van der Waals surface area contributed by atoms with Crippen LogP contribution in [0, 0.1) is 0 Å². The lowest BCUT2D eigenvalue weighted by atomic mass is 9.98. The minimum atomic E-state index is 0.0634. The molecule has 0 bridgehead atoms. The fourth-order valence-corrected chi connectivity index (χ4v) is 5.91. The van der Waals surface area contributed by atoms with Gasteiger partial charge in [-0.25, -0.2) is 0 Å². The number of thiophene rings is 2. The number of carbonyl (C=O) groups is 1. The van der Waals surface area contributed by atoms with Crippen molar-refractivity contribution in [2.45, 2.75) is 24.3 Å². The lowest BCUT2D eigenvalue weighted by molar-refractivity contribution is -0.130. The van der Waals surface area contributed by atoms with E-state index in [2.05, 4.69) is 33.9 Å². The second-order valence-corrected chi connectivity index (χ2v) is 9.28. The van der Waals surface area contributed by atoms with Crippen LogP contribution in [0.5, 0.6) is 5.75 Å². The minimum Gasteiger partial charge on any atom is -0.494 e. The van der Waals surface area contributed by atoms with Gasteiger partial charge >= 0.3 is 0 Å². The van der Waals surface area contributed by atoms with Gasteiger partial charge in [0.25, 0.3) is 0 Å². The first-order valence-electron chi connectivity index (χ1n) is 9.01. The van der Waals surface area contributed by atoms with Crippen molar-refractivity contribution in [1.29, 1.82) is 0 Å². The van der Waals surface area contributed by atoms with E-state index in [4.69, 9.17) is 4.74 Å². The van der Waals surface area contributed by atoms with Crippen LogP contribution in [0.1, 0.15) is 28.3 Å². The number of rotatable bonds is 6. The van der Waals surface area contributed by atoms with Gasteiger partial charge in [0.15, 0.2) is 0 Å². The van der Waals surface area contributed by atoms with E-state index < -0.39 is 0 Å². The molecule has 6 heteroatoms. The van der Waals surface area contributed by atoms with Crippen LogP contribution >= 0.6 is 34.4 Å². The zero-order valence-corrected chi connectivity index (χ0v) is 17.5. The predicted octanol–water partition coefficient (Wildman–Crippen LogP) is 5.47. The van der Waals surface area contributed by atoms with Crippen molar-refractivity contribution in [3.05, 3.63) is 68.5 Å². The zero-order valence-electron chi connectivity index (χ0n) is 15.1. The average Bonchev–Trinajstić information content (AvgIpc) is 3.38. The first-order valence-corrected chi connectivity index (χ1v) is 11.8. The highest BCUT2D eigenvalue weighted by Gasteiger charge is 2.33. The number of carbonyl (C=O) groups excluding carboxylic acids is 1. The topological polar surface area (TPSA) is 29.5 Å². The molecule has 0 saturated carbocycles. The van der Waals surface area contributed by atoms with Gasteiger partial charge in [0.05, 0.1) is 18.4 Å². The maximum atomic E-state index is 13.1. The first-order chi connectivity index (χ1) is 13.3. The standard InChI is InChI=1S/C21H21NO2S3/c1-2-24-15-5-7-16(8-6-15)27-14-20(23)22-11-9-18-17(10-13-26-18)21(22)19-4-3-12-25-19/h3-8,10,12-13,21H,2,9,11,14H2,1H3/t21-/m0/s1. The number of benzene rings is 1. The minimum absolute atomic E-state index is 0.0634. The smallest absolute Gasteiger partial charge is 0.233 e. The largest absolute Gasteiger partial charge is 0.494 e. The second kappa shape index (κ2) is 8.50. The van der Waals surface area contributed by atoms with Gasteiger partial charge in [-0.3, -0.25) is 4.79 Å². The highest BCUT2D eigenvalue weighted by molar-refractivity contribution is 8.00. The van der Waals surface area contributed by atoms with Crippen molar-refractivity contribution in [3.8, 4) is 5.75 Å². The van der Waals surface area contributed by atoms with Crippen molar-refractivity contribution in [2.75, 3.05) is 18.9 Å². The van der Waals surface area contributed by atoms with Gasteiger partial charge in [-0.2, -0.15) is 0 Å². The maximum absolute atomic E-state index is 13.1. The Kier molecular flexibility index (Phi) is 5.86. The van der Waals surface area contributed by atoms with E-state index in [9.17, 15) is 4.79 Å². The van der Waals surface area contributed by atoms with E-state index in [1.807, 2.05) is 31.2 Å². The summed E-state index contributed by atoms with van der Waals surface area (Å²) >= 11 is 5.12. The van der Waals surface area contributed by atoms with Crippen LogP contribution in [0.4, 0.5) is 0 Å². The molecule has 3 aromatic rings. The van der Waals surface area contributed by atoms with Gasteiger partial charge in [-0.15, -0.1) is 34.4 Å². The van der Waals surface area contributed by atoms with Crippen LogP contribution in [-0.2, 0) is 11.2 Å². The molecular formula is C21H21NO2S3. The van der Waals surface area contributed by atoms with Gasteiger partial charge in [0.2, 0.25) is 5.91 Å². The average molecular weight is 416 g/mol. The fourth-order valence-electron chi connectivity index (χ4n) is 3.37. The molecule has 0 N–H and O–H groups in total. The number of hydrogen-bond donors (Lipinski definition) is 0. The molecule has 0 spiro atoms. The van der Waals surface area contributed by atoms with Crippen LogP contribution in [0.25, 0.3) is 0 Å². The van der Waals surface area contributed by atoms with E-state index in [0.717, 1.165) is 23.6 Å². The molecule has 1 atom stereocenters. The van der Waals surface area contributed by atoms with E-state index in [-0.39, 0.29) is 11.9 Å². The molecule has 140 valence electrons. The fraction of sp³-hybridized carbons (Fsp3) is 0.286. The molecule has 2 aromatic heterocycles. The van der Waals surface area contributed by atoms with Gasteiger partial charge in [-0.1, -0.05) is 6.07 Å². The third-order valence-corrected chi connectivity index (χ3v) is 7.51. The molecule has 27 heavy (non-hydrogen) atoms. The number of nitrogens with zero attached hydrogens (tertiary/aromatic N) is 1. The number of thioether (sulfide) groups is 1. The number of fused-ring (bicyclic) bond motifs is 1. The molecule has 3 heterocycles. The van der Waals surface area contributed by atoms with E-state index in [1.165, 1.54) is 15.3 Å². The Hall–Kier alpha value is -1.76. The van der Waals surface area contributed by atoms with Crippen LogP contribution in [0.15, 0.2) is 58.1 Å². The van der Waals surface area contributed by atoms with Crippen molar-refractivity contribution in [3.63, 3.8) is 0 Å². The van der Waals surface area contributed by atoms with Crippen molar-refractivity contribution in [1.82, 2.24) is 4.90 Å². The van der Waals surface area contributed by atoms with Crippen molar-refractivity contribution < 1.29 is 9.53 Å². The summed E-state index contributed by atoms with van der Waals surface area (Å²) in [5, 5.41) is 4.24. The summed E-state index contributed by atoms with van der Waals surface area (Å²) in [5.41, 5.74) is 1.30. The van der Waals surface area contributed by atoms with Crippen LogP contribution in [-0.4, -0.2) is 29.7 Å². The Morgan fingerprint density at radius 2 is 2.04 bits per heavy atom. The number of hydrogen-bond acceptors (Lipinski definition) is 5. The molecular weight excluding hydrogens is 394 g/mol. The molecule has 0 aliphatic carbocycles. The summed E-state index contributed by atoms with van der Waals surface area (Å²) in [4.78, 5) is 18.9. The lowest BCUT2D eigenvalue weighted by Gasteiger charge is -2.35. The van der Waals surface area contributed by atoms with Crippen molar-refractivity contribution >= 4 is 40.3 Å². The number of ether oxygens (including phenoxy) is 1. The molecule has 0 saturated heterocycles. The Morgan fingerprint density at radius 1 is 1.19 bits per heavy atom. The van der Waals surface area contributed by atoms with E-state index in [0.29, 0.717) is 12.4 Å². The SMILES string of the molecule is CCOc1ccc(SCC(=O)N2CCc3sccc3[C@H]2c2cccs2)cc1. The molecule has 1 aliphatic heterocycles. The Balaban J connectivity index is 1.47. The highest BCUT2D eigenvalue weighted by atomic mass is 32.2. The molecule has 3 nitrogen and oxygen atoms in total. The molecule has 0 radical (unpaired) electrons. The predicted molar refractivity (Wildman–Crippen MR) is 114 cm³/mol. The normalized spacial score (nSPS) is 16.2. The zero-order chi connectivity index (χ0) is 18.6. The van der Waals surface area contributed by atoms with Gasteiger partial charge in [0, 0.05) is 21.2 Å². The Morgan fingerprint density at radius 3 is 2.78 bits per heavy atom. The van der Waals surface area contributed by atoms with Gasteiger partial charge in [-0.05, 0) is 66.1 Å². The van der Waals surface area contributed by atoms with E-state index in [1.54, 1.807) is 34.4 Å². The maximum Gasteiger partial charge on any atom is 0.233 e. The summed E-state index contributed by atoms with van der Waals surface area (Å²) in [6, 6.07) is 14.4. The van der Waals surface area contributed by atoms with Crippen molar-refractivity contribution in [2.24, 2.45) is 0 Å². The Labute approximate surface area is 172 Å². The molecule has 0 unspecified atom stereocenters. The first kappa shape index (κ1) is 18.6. The van der Waals surface area contributed by atoms with E-state index >= 15 is 0 Å². The van der Waals surface area contributed by atoms with Crippen LogP contribution in [0.3, 0.4) is 0 Å². The summed E-state index contributed by atoms with van der Waals surface area (Å²) in [7, 11) is 0. The lowest BCUT2D eigenvalue weighted by Crippen LogP contribution is -2.40. The monoisotopic (exact) mass is 415 g/mol. The van der Waals surface area contributed by atoms with Gasteiger partial charge in [0.1, 0.15) is 5.75 Å². The summed E-state index contributed by atoms with van der Waals surface area (Å²) in [6.45, 7) is 3.43. The number of amides is 1. The molecule has 1 amide bonds. The highest BCUT2D eigenvalue weighted by Crippen LogP contribution is 2.39. The third kappa shape index (κ3) is 4.08. The molecule has 1 aromatic carbocycles. The van der Waals surface area contributed by atoms with Gasteiger partial charge < -0.3 is 9.64 Å². The molecule has 1 aliphatic rings. The summed E-state index contributed by atoms with van der Waals surface area (Å²) in [5.74, 6) is 1.52. The van der Waals surface area contributed by atoms with Crippen LogP contribution < -0.4 is 4.74 Å². The molecule has 0 fully saturated rings. The summed E-state index contributed by atoms with van der Waals surface area (Å²) in [6.07, 6.45) is 0.953. The Bertz CT molecular complexity index is 887. The quantitative estimate of drug-likeness (QED) is 0.500. The third-order valence-electron chi connectivity index (χ3n) is 4.60. The van der Waals surface area contributed by atoms with Crippen LogP contribution in [0.2, 0.25) is 0 Å². The second-order valence-electron chi connectivity index (χ2n) is 6.25.